The molecular formula is C16H22FN5O. The molecule has 2 aliphatic rings. The number of aromatic nitrogens is 3. The second-order valence-corrected chi connectivity index (χ2v) is 6.59. The van der Waals surface area contributed by atoms with Gasteiger partial charge in [0.25, 0.3) is 0 Å². The Labute approximate surface area is 134 Å². The minimum atomic E-state index is -0.473. The first kappa shape index (κ1) is 14.8. The molecule has 2 atom stereocenters. The average Bonchev–Trinajstić information content (AvgIpc) is 3.18. The molecule has 0 unspecified atom stereocenters. The van der Waals surface area contributed by atoms with Crippen molar-refractivity contribution < 1.29 is 9.50 Å². The van der Waals surface area contributed by atoms with Gasteiger partial charge < -0.3 is 15.7 Å². The van der Waals surface area contributed by atoms with E-state index in [0.717, 1.165) is 31.5 Å². The maximum atomic E-state index is 14.1. The highest BCUT2D eigenvalue weighted by Gasteiger charge is 2.25. The highest BCUT2D eigenvalue weighted by Crippen LogP contribution is 2.35. The fourth-order valence-corrected chi connectivity index (χ4v) is 3.73. The standard InChI is InChI=1S/C16H22FN5O/c17-11-7-13(10-3-1-2-4-10)22-14(11)8-19-16(21-22)20-12-5-6-18-9-15(12)23/h7-8,10,12,15,18,23H,1-6,9H2,(H,20,21)/t12-,15-/m1/s1. The largest absolute Gasteiger partial charge is 0.390 e. The number of piperidine rings is 1. The molecule has 4 rings (SSSR count). The average molecular weight is 319 g/mol. The number of aliphatic hydroxyl groups is 1. The normalized spacial score (nSPS) is 26.0. The summed E-state index contributed by atoms with van der Waals surface area (Å²) in [6.07, 6.45) is 6.41. The summed E-state index contributed by atoms with van der Waals surface area (Å²) in [6, 6.07) is 1.52. The summed E-state index contributed by atoms with van der Waals surface area (Å²) in [5.41, 5.74) is 1.36. The number of aliphatic hydroxyl groups excluding tert-OH is 1. The number of nitrogens with zero attached hydrogens (tertiary/aromatic N) is 3. The molecule has 6 nitrogen and oxygen atoms in total. The molecular weight excluding hydrogens is 297 g/mol. The number of rotatable bonds is 3. The summed E-state index contributed by atoms with van der Waals surface area (Å²) in [6.45, 7) is 1.41. The predicted molar refractivity (Wildman–Crippen MR) is 85.1 cm³/mol. The van der Waals surface area contributed by atoms with Crippen molar-refractivity contribution in [3.05, 3.63) is 23.8 Å². The highest BCUT2D eigenvalue weighted by atomic mass is 19.1. The van der Waals surface area contributed by atoms with E-state index in [-0.39, 0.29) is 11.9 Å². The van der Waals surface area contributed by atoms with Gasteiger partial charge in [-0.2, -0.15) is 0 Å². The van der Waals surface area contributed by atoms with E-state index in [2.05, 4.69) is 20.7 Å². The molecule has 124 valence electrons. The molecule has 0 bridgehead atoms. The van der Waals surface area contributed by atoms with Crippen LogP contribution < -0.4 is 10.6 Å². The summed E-state index contributed by atoms with van der Waals surface area (Å²) in [5, 5.41) is 20.9. The van der Waals surface area contributed by atoms with Crippen molar-refractivity contribution in [3.8, 4) is 0 Å². The van der Waals surface area contributed by atoms with E-state index < -0.39 is 6.10 Å². The third-order valence-corrected chi connectivity index (χ3v) is 5.03. The van der Waals surface area contributed by atoms with Gasteiger partial charge in [-0.1, -0.05) is 12.8 Å². The number of fused-ring (bicyclic) bond motifs is 1. The second-order valence-electron chi connectivity index (χ2n) is 6.59. The Balaban J connectivity index is 1.64. The molecule has 7 heteroatoms. The van der Waals surface area contributed by atoms with E-state index in [4.69, 9.17) is 0 Å². The first-order valence-electron chi connectivity index (χ1n) is 8.42. The molecule has 3 N–H and O–H groups in total. The Kier molecular flexibility index (Phi) is 3.90. The number of anilines is 1. The van der Waals surface area contributed by atoms with E-state index in [9.17, 15) is 9.50 Å². The molecule has 1 aliphatic heterocycles. The Bertz CT molecular complexity index is 697. The molecule has 0 aromatic carbocycles. The van der Waals surface area contributed by atoms with Crippen LogP contribution in [0.1, 0.15) is 43.7 Å². The predicted octanol–water partition coefficient (Wildman–Crippen LogP) is 1.66. The molecule has 0 radical (unpaired) electrons. The molecule has 2 fully saturated rings. The third-order valence-electron chi connectivity index (χ3n) is 5.03. The molecule has 0 spiro atoms. The molecule has 1 saturated carbocycles. The van der Waals surface area contributed by atoms with Crippen LogP contribution in [0.4, 0.5) is 10.3 Å². The van der Waals surface area contributed by atoms with E-state index >= 15 is 0 Å². The summed E-state index contributed by atoms with van der Waals surface area (Å²) < 4.78 is 15.8. The summed E-state index contributed by atoms with van der Waals surface area (Å²) >= 11 is 0. The Hall–Kier alpha value is -1.73. The molecule has 2 aromatic rings. The van der Waals surface area contributed by atoms with Gasteiger partial charge in [-0.3, -0.25) is 0 Å². The van der Waals surface area contributed by atoms with Crippen LogP contribution in [0.2, 0.25) is 0 Å². The van der Waals surface area contributed by atoms with E-state index in [0.29, 0.717) is 23.9 Å². The summed E-state index contributed by atoms with van der Waals surface area (Å²) in [5.74, 6) is 0.554. The van der Waals surface area contributed by atoms with Crippen LogP contribution in [-0.2, 0) is 0 Å². The number of hydrogen-bond donors (Lipinski definition) is 3. The number of halogens is 1. The summed E-state index contributed by atoms with van der Waals surface area (Å²) in [4.78, 5) is 4.22. The summed E-state index contributed by atoms with van der Waals surface area (Å²) in [7, 11) is 0. The van der Waals surface area contributed by atoms with Crippen LogP contribution in [0.15, 0.2) is 12.3 Å². The van der Waals surface area contributed by atoms with Gasteiger partial charge in [0.1, 0.15) is 5.52 Å². The zero-order chi connectivity index (χ0) is 15.8. The maximum absolute atomic E-state index is 14.1. The smallest absolute Gasteiger partial charge is 0.241 e. The lowest BCUT2D eigenvalue weighted by molar-refractivity contribution is 0.128. The second kappa shape index (κ2) is 6.05. The Morgan fingerprint density at radius 2 is 2.13 bits per heavy atom. The van der Waals surface area contributed by atoms with Crippen LogP contribution in [0.25, 0.3) is 5.52 Å². The number of nitrogens with one attached hydrogen (secondary N) is 2. The SMILES string of the molecule is O[C@@H]1CNCC[C@H]1Nc1ncc2c(F)cc(C3CCCC3)n2n1. The minimum absolute atomic E-state index is 0.0796. The molecule has 3 heterocycles. The Morgan fingerprint density at radius 1 is 1.30 bits per heavy atom. The molecule has 1 aliphatic carbocycles. The van der Waals surface area contributed by atoms with Crippen LogP contribution >= 0.6 is 0 Å². The zero-order valence-corrected chi connectivity index (χ0v) is 13.0. The van der Waals surface area contributed by atoms with Gasteiger partial charge in [0.2, 0.25) is 5.95 Å². The highest BCUT2D eigenvalue weighted by molar-refractivity contribution is 5.50. The van der Waals surface area contributed by atoms with E-state index in [1.165, 1.54) is 19.0 Å². The Morgan fingerprint density at radius 3 is 2.91 bits per heavy atom. The fraction of sp³-hybridized carbons (Fsp3) is 0.625. The number of hydrogen-bond acceptors (Lipinski definition) is 5. The fourth-order valence-electron chi connectivity index (χ4n) is 3.73. The first-order valence-corrected chi connectivity index (χ1v) is 8.42. The van der Waals surface area contributed by atoms with Gasteiger partial charge in [-0.25, -0.2) is 13.9 Å². The van der Waals surface area contributed by atoms with Gasteiger partial charge >= 0.3 is 0 Å². The maximum Gasteiger partial charge on any atom is 0.241 e. The van der Waals surface area contributed by atoms with Gasteiger partial charge in [0, 0.05) is 18.2 Å². The van der Waals surface area contributed by atoms with Gasteiger partial charge in [-0.05, 0) is 31.9 Å². The topological polar surface area (TPSA) is 74.5 Å². The first-order chi connectivity index (χ1) is 11.2. The van der Waals surface area contributed by atoms with E-state index in [1.54, 1.807) is 10.6 Å². The van der Waals surface area contributed by atoms with Crippen LogP contribution in [0.5, 0.6) is 0 Å². The monoisotopic (exact) mass is 319 g/mol. The minimum Gasteiger partial charge on any atom is -0.390 e. The van der Waals surface area contributed by atoms with Crippen LogP contribution in [-0.4, -0.2) is 44.9 Å². The van der Waals surface area contributed by atoms with Gasteiger partial charge in [0.05, 0.1) is 18.3 Å². The van der Waals surface area contributed by atoms with Crippen molar-refractivity contribution in [2.75, 3.05) is 18.4 Å². The lowest BCUT2D eigenvalue weighted by Crippen LogP contribution is -2.47. The third kappa shape index (κ3) is 2.79. The van der Waals surface area contributed by atoms with Crippen molar-refractivity contribution in [1.29, 1.82) is 0 Å². The molecule has 1 saturated heterocycles. The molecule has 0 amide bonds. The van der Waals surface area contributed by atoms with Crippen molar-refractivity contribution in [2.45, 2.75) is 50.2 Å². The van der Waals surface area contributed by atoms with E-state index in [1.807, 2.05) is 0 Å². The van der Waals surface area contributed by atoms with Crippen LogP contribution in [0.3, 0.4) is 0 Å². The molecule has 2 aromatic heterocycles. The van der Waals surface area contributed by atoms with Crippen molar-refractivity contribution in [3.63, 3.8) is 0 Å². The van der Waals surface area contributed by atoms with Crippen LogP contribution in [0, 0.1) is 5.82 Å². The van der Waals surface area contributed by atoms with Crippen molar-refractivity contribution in [1.82, 2.24) is 19.9 Å². The lowest BCUT2D eigenvalue weighted by Gasteiger charge is -2.28. The number of β-amino-alcohol motifs (C(OH)–C–C–N with tert-alkyl or cyclic N) is 1. The van der Waals surface area contributed by atoms with Gasteiger partial charge in [-0.15, -0.1) is 5.10 Å². The van der Waals surface area contributed by atoms with Gasteiger partial charge in [0.15, 0.2) is 5.82 Å². The molecule has 23 heavy (non-hydrogen) atoms. The van der Waals surface area contributed by atoms with Crippen molar-refractivity contribution in [2.24, 2.45) is 0 Å². The van der Waals surface area contributed by atoms with Crippen molar-refractivity contribution >= 4 is 11.5 Å². The zero-order valence-electron chi connectivity index (χ0n) is 13.0. The lowest BCUT2D eigenvalue weighted by atomic mass is 10.0. The quantitative estimate of drug-likeness (QED) is 0.802.